The fourth-order valence-corrected chi connectivity index (χ4v) is 2.54. The van der Waals surface area contributed by atoms with Gasteiger partial charge in [0.25, 0.3) is 0 Å². The maximum absolute atomic E-state index is 5.94. The van der Waals surface area contributed by atoms with Gasteiger partial charge in [0.05, 0.1) is 0 Å². The SMILES string of the molecule is Cc1cc(Br)cc(OC2CCN(C)C2)c1. The Morgan fingerprint density at radius 2 is 2.20 bits per heavy atom. The minimum Gasteiger partial charge on any atom is -0.489 e. The van der Waals surface area contributed by atoms with Crippen LogP contribution in [-0.4, -0.2) is 31.1 Å². The summed E-state index contributed by atoms with van der Waals surface area (Å²) in [7, 11) is 2.13. The largest absolute Gasteiger partial charge is 0.489 e. The summed E-state index contributed by atoms with van der Waals surface area (Å²) in [5.41, 5.74) is 1.23. The van der Waals surface area contributed by atoms with Crippen LogP contribution in [0.3, 0.4) is 0 Å². The van der Waals surface area contributed by atoms with Gasteiger partial charge in [-0.05, 0) is 44.2 Å². The Bertz CT molecular complexity index is 333. The highest BCUT2D eigenvalue weighted by molar-refractivity contribution is 9.10. The summed E-state index contributed by atoms with van der Waals surface area (Å²) in [5.74, 6) is 0.974. The molecule has 1 aliphatic heterocycles. The third-order valence-electron chi connectivity index (χ3n) is 2.67. The number of halogens is 1. The highest BCUT2D eigenvalue weighted by atomic mass is 79.9. The maximum Gasteiger partial charge on any atom is 0.121 e. The Kier molecular flexibility index (Phi) is 3.32. The molecule has 1 heterocycles. The van der Waals surface area contributed by atoms with Crippen LogP contribution in [-0.2, 0) is 0 Å². The van der Waals surface area contributed by atoms with E-state index in [1.54, 1.807) is 0 Å². The van der Waals surface area contributed by atoms with Crippen LogP contribution in [0.4, 0.5) is 0 Å². The van der Waals surface area contributed by atoms with Crippen molar-refractivity contribution in [3.63, 3.8) is 0 Å². The van der Waals surface area contributed by atoms with Crippen LogP contribution >= 0.6 is 15.9 Å². The fraction of sp³-hybridized carbons (Fsp3) is 0.500. The smallest absolute Gasteiger partial charge is 0.121 e. The van der Waals surface area contributed by atoms with Crippen molar-refractivity contribution in [3.05, 3.63) is 28.2 Å². The fourth-order valence-electron chi connectivity index (χ4n) is 1.95. The molecule has 1 fully saturated rings. The number of benzene rings is 1. The molecule has 0 bridgehead atoms. The summed E-state index contributed by atoms with van der Waals surface area (Å²) in [6, 6.07) is 6.21. The Morgan fingerprint density at radius 3 is 2.80 bits per heavy atom. The van der Waals surface area contributed by atoms with Crippen LogP contribution < -0.4 is 4.74 Å². The Morgan fingerprint density at radius 1 is 1.40 bits per heavy atom. The van der Waals surface area contributed by atoms with Gasteiger partial charge in [-0.2, -0.15) is 0 Å². The molecule has 1 saturated heterocycles. The van der Waals surface area contributed by atoms with E-state index in [1.807, 2.05) is 6.07 Å². The van der Waals surface area contributed by atoms with Gasteiger partial charge in [0.2, 0.25) is 0 Å². The van der Waals surface area contributed by atoms with Gasteiger partial charge in [0.15, 0.2) is 0 Å². The van der Waals surface area contributed by atoms with E-state index in [0.717, 1.165) is 29.7 Å². The highest BCUT2D eigenvalue weighted by Gasteiger charge is 2.20. The van der Waals surface area contributed by atoms with Crippen LogP contribution in [0.1, 0.15) is 12.0 Å². The van der Waals surface area contributed by atoms with E-state index in [-0.39, 0.29) is 0 Å². The van der Waals surface area contributed by atoms with Crippen LogP contribution in [0.2, 0.25) is 0 Å². The first-order valence-electron chi connectivity index (χ1n) is 5.26. The van der Waals surface area contributed by atoms with Gasteiger partial charge in [-0.3, -0.25) is 0 Å². The molecule has 0 amide bonds. The molecule has 0 saturated carbocycles. The van der Waals surface area contributed by atoms with Gasteiger partial charge < -0.3 is 9.64 Å². The van der Waals surface area contributed by atoms with E-state index in [1.165, 1.54) is 5.56 Å². The molecule has 15 heavy (non-hydrogen) atoms. The lowest BCUT2D eigenvalue weighted by Gasteiger charge is -2.14. The molecule has 2 nitrogen and oxygen atoms in total. The van der Waals surface area contributed by atoms with Crippen LogP contribution in [0.5, 0.6) is 5.75 Å². The average molecular weight is 270 g/mol. The number of hydrogen-bond acceptors (Lipinski definition) is 2. The molecule has 3 heteroatoms. The molecular formula is C12H16BrNO. The molecule has 0 spiro atoms. The van der Waals surface area contributed by atoms with E-state index >= 15 is 0 Å². The zero-order chi connectivity index (χ0) is 10.8. The molecule has 0 aromatic heterocycles. The van der Waals surface area contributed by atoms with Crippen molar-refractivity contribution in [1.29, 1.82) is 0 Å². The van der Waals surface area contributed by atoms with Crippen molar-refractivity contribution in [2.24, 2.45) is 0 Å². The minimum atomic E-state index is 0.351. The first kappa shape index (κ1) is 11.0. The first-order valence-corrected chi connectivity index (χ1v) is 6.05. The number of aryl methyl sites for hydroxylation is 1. The van der Waals surface area contributed by atoms with Crippen molar-refractivity contribution < 1.29 is 4.74 Å². The molecule has 1 unspecified atom stereocenters. The van der Waals surface area contributed by atoms with E-state index in [2.05, 4.69) is 46.9 Å². The van der Waals surface area contributed by atoms with Crippen molar-refractivity contribution in [1.82, 2.24) is 4.90 Å². The number of nitrogens with zero attached hydrogens (tertiary/aromatic N) is 1. The van der Waals surface area contributed by atoms with Crippen molar-refractivity contribution >= 4 is 15.9 Å². The summed E-state index contributed by atoms with van der Waals surface area (Å²) in [5, 5.41) is 0. The lowest BCUT2D eigenvalue weighted by atomic mass is 10.2. The molecule has 1 aromatic rings. The van der Waals surface area contributed by atoms with Gasteiger partial charge in [0.1, 0.15) is 11.9 Å². The second-order valence-electron chi connectivity index (χ2n) is 4.26. The lowest BCUT2D eigenvalue weighted by Crippen LogP contribution is -2.21. The first-order chi connectivity index (χ1) is 7.13. The Hall–Kier alpha value is -0.540. The molecule has 1 atom stereocenters. The monoisotopic (exact) mass is 269 g/mol. The molecule has 0 N–H and O–H groups in total. The van der Waals surface area contributed by atoms with E-state index < -0.39 is 0 Å². The van der Waals surface area contributed by atoms with Gasteiger partial charge in [-0.1, -0.05) is 15.9 Å². The zero-order valence-electron chi connectivity index (χ0n) is 9.16. The maximum atomic E-state index is 5.94. The number of ether oxygens (including phenoxy) is 1. The molecule has 2 rings (SSSR count). The van der Waals surface area contributed by atoms with Gasteiger partial charge in [0, 0.05) is 17.6 Å². The quantitative estimate of drug-likeness (QED) is 0.819. The molecule has 0 aliphatic carbocycles. The predicted molar refractivity (Wildman–Crippen MR) is 65.4 cm³/mol. The Labute approximate surface area is 99.4 Å². The summed E-state index contributed by atoms with van der Waals surface area (Å²) >= 11 is 3.48. The standard InChI is InChI=1S/C12H16BrNO/c1-9-5-10(13)7-12(6-9)15-11-3-4-14(2)8-11/h5-7,11H,3-4,8H2,1-2H3. The summed E-state index contributed by atoms with van der Waals surface area (Å²) in [6.45, 7) is 4.25. The second kappa shape index (κ2) is 4.54. The number of rotatable bonds is 2. The van der Waals surface area contributed by atoms with Crippen LogP contribution in [0, 0.1) is 6.92 Å². The molecule has 1 aromatic carbocycles. The molecule has 1 aliphatic rings. The van der Waals surface area contributed by atoms with Crippen LogP contribution in [0.15, 0.2) is 22.7 Å². The Balaban J connectivity index is 2.04. The normalized spacial score (nSPS) is 21.9. The molecule has 0 radical (unpaired) electrons. The zero-order valence-corrected chi connectivity index (χ0v) is 10.8. The van der Waals surface area contributed by atoms with E-state index in [0.29, 0.717) is 6.10 Å². The van der Waals surface area contributed by atoms with Gasteiger partial charge in [-0.15, -0.1) is 0 Å². The third-order valence-corrected chi connectivity index (χ3v) is 3.12. The number of hydrogen-bond donors (Lipinski definition) is 0. The van der Waals surface area contributed by atoms with Gasteiger partial charge in [-0.25, -0.2) is 0 Å². The van der Waals surface area contributed by atoms with Crippen molar-refractivity contribution in [2.75, 3.05) is 20.1 Å². The molecule has 82 valence electrons. The predicted octanol–water partition coefficient (Wildman–Crippen LogP) is 2.84. The topological polar surface area (TPSA) is 12.5 Å². The van der Waals surface area contributed by atoms with E-state index in [4.69, 9.17) is 4.74 Å². The minimum absolute atomic E-state index is 0.351. The summed E-state index contributed by atoms with van der Waals surface area (Å²) in [4.78, 5) is 2.30. The summed E-state index contributed by atoms with van der Waals surface area (Å²) < 4.78 is 7.02. The van der Waals surface area contributed by atoms with Crippen LogP contribution in [0.25, 0.3) is 0 Å². The third kappa shape index (κ3) is 2.95. The summed E-state index contributed by atoms with van der Waals surface area (Å²) in [6.07, 6.45) is 1.48. The number of likely N-dealkylation sites (tertiary alicyclic amines) is 1. The van der Waals surface area contributed by atoms with Gasteiger partial charge >= 0.3 is 0 Å². The van der Waals surface area contributed by atoms with Crippen molar-refractivity contribution in [2.45, 2.75) is 19.4 Å². The lowest BCUT2D eigenvalue weighted by molar-refractivity contribution is 0.208. The second-order valence-corrected chi connectivity index (χ2v) is 5.17. The van der Waals surface area contributed by atoms with Crippen molar-refractivity contribution in [3.8, 4) is 5.75 Å². The van der Waals surface area contributed by atoms with E-state index in [9.17, 15) is 0 Å². The number of likely N-dealkylation sites (N-methyl/N-ethyl adjacent to an activating group) is 1. The highest BCUT2D eigenvalue weighted by Crippen LogP contribution is 2.23. The molecular weight excluding hydrogens is 254 g/mol. The average Bonchev–Trinajstić information content (AvgIpc) is 2.49.